The SMILES string of the molecule is CCCCCCCCCOc1ccc2c(c1)CCCC2N. The first-order chi connectivity index (χ1) is 10.3. The summed E-state index contributed by atoms with van der Waals surface area (Å²) in [5.74, 6) is 1.02. The highest BCUT2D eigenvalue weighted by Gasteiger charge is 2.16. The molecule has 1 atom stereocenters. The molecule has 21 heavy (non-hydrogen) atoms. The molecule has 1 aliphatic carbocycles. The number of benzene rings is 1. The second-order valence-corrected chi connectivity index (χ2v) is 6.33. The first-order valence-corrected chi connectivity index (χ1v) is 8.82. The fourth-order valence-corrected chi connectivity index (χ4v) is 3.17. The van der Waals surface area contributed by atoms with Gasteiger partial charge in [0.2, 0.25) is 0 Å². The summed E-state index contributed by atoms with van der Waals surface area (Å²) in [6.45, 7) is 3.11. The van der Waals surface area contributed by atoms with Crippen LogP contribution in [-0.4, -0.2) is 6.61 Å². The molecule has 0 aromatic heterocycles. The van der Waals surface area contributed by atoms with E-state index in [4.69, 9.17) is 10.5 Å². The van der Waals surface area contributed by atoms with Crippen LogP contribution in [0.5, 0.6) is 5.75 Å². The lowest BCUT2D eigenvalue weighted by Crippen LogP contribution is -2.17. The molecule has 0 amide bonds. The Balaban J connectivity index is 1.65. The summed E-state index contributed by atoms with van der Waals surface area (Å²) in [5.41, 5.74) is 8.86. The van der Waals surface area contributed by atoms with Crippen LogP contribution in [0.2, 0.25) is 0 Å². The van der Waals surface area contributed by atoms with E-state index in [1.165, 1.54) is 62.5 Å². The van der Waals surface area contributed by atoms with Crippen molar-refractivity contribution in [2.75, 3.05) is 6.61 Å². The minimum Gasteiger partial charge on any atom is -0.494 e. The standard InChI is InChI=1S/C19H31NO/c1-2-3-4-5-6-7-8-14-21-17-12-13-18-16(15-17)10-9-11-19(18)20/h12-13,15,19H,2-11,14,20H2,1H3. The van der Waals surface area contributed by atoms with Gasteiger partial charge in [-0.2, -0.15) is 0 Å². The number of unbranched alkanes of at least 4 members (excludes halogenated alkanes) is 6. The minimum absolute atomic E-state index is 0.228. The van der Waals surface area contributed by atoms with Crippen molar-refractivity contribution in [3.8, 4) is 5.75 Å². The number of nitrogens with two attached hydrogens (primary N) is 1. The lowest BCUT2D eigenvalue weighted by Gasteiger charge is -2.22. The molecule has 0 fully saturated rings. The lowest BCUT2D eigenvalue weighted by molar-refractivity contribution is 0.303. The second kappa shape index (κ2) is 9.09. The van der Waals surface area contributed by atoms with Crippen LogP contribution in [0.25, 0.3) is 0 Å². The fourth-order valence-electron chi connectivity index (χ4n) is 3.17. The number of hydrogen-bond acceptors (Lipinski definition) is 2. The maximum Gasteiger partial charge on any atom is 0.119 e. The van der Waals surface area contributed by atoms with E-state index in [-0.39, 0.29) is 6.04 Å². The predicted octanol–water partition coefficient (Wildman–Crippen LogP) is 5.15. The molecule has 0 bridgehead atoms. The van der Waals surface area contributed by atoms with Gasteiger partial charge < -0.3 is 10.5 Å². The van der Waals surface area contributed by atoms with E-state index < -0.39 is 0 Å². The van der Waals surface area contributed by atoms with Crippen molar-refractivity contribution in [1.82, 2.24) is 0 Å². The Kier molecular flexibility index (Phi) is 7.08. The molecule has 1 unspecified atom stereocenters. The summed E-state index contributed by atoms with van der Waals surface area (Å²) < 4.78 is 5.89. The molecule has 0 radical (unpaired) electrons. The Morgan fingerprint density at radius 2 is 1.86 bits per heavy atom. The zero-order valence-electron chi connectivity index (χ0n) is 13.6. The summed E-state index contributed by atoms with van der Waals surface area (Å²) in [6.07, 6.45) is 12.8. The van der Waals surface area contributed by atoms with Gasteiger partial charge in [-0.3, -0.25) is 0 Å². The Labute approximate surface area is 130 Å². The van der Waals surface area contributed by atoms with Crippen LogP contribution in [-0.2, 0) is 6.42 Å². The topological polar surface area (TPSA) is 35.2 Å². The monoisotopic (exact) mass is 289 g/mol. The number of rotatable bonds is 9. The maximum atomic E-state index is 6.15. The van der Waals surface area contributed by atoms with Crippen molar-refractivity contribution in [3.63, 3.8) is 0 Å². The molecule has 1 aliphatic rings. The Morgan fingerprint density at radius 1 is 1.10 bits per heavy atom. The van der Waals surface area contributed by atoms with Crippen LogP contribution in [0.4, 0.5) is 0 Å². The molecule has 0 saturated heterocycles. The maximum absolute atomic E-state index is 6.15. The average molecular weight is 289 g/mol. The van der Waals surface area contributed by atoms with Gasteiger partial charge in [-0.05, 0) is 48.9 Å². The van der Waals surface area contributed by atoms with E-state index in [0.717, 1.165) is 25.2 Å². The summed E-state index contributed by atoms with van der Waals surface area (Å²) >= 11 is 0. The highest BCUT2D eigenvalue weighted by Crippen LogP contribution is 2.30. The van der Waals surface area contributed by atoms with Gasteiger partial charge in [0.25, 0.3) is 0 Å². The summed E-state index contributed by atoms with van der Waals surface area (Å²) in [7, 11) is 0. The third-order valence-electron chi connectivity index (χ3n) is 4.49. The molecule has 0 saturated carbocycles. The van der Waals surface area contributed by atoms with Crippen LogP contribution >= 0.6 is 0 Å². The lowest BCUT2D eigenvalue weighted by atomic mass is 9.88. The summed E-state index contributed by atoms with van der Waals surface area (Å²) in [5, 5.41) is 0. The van der Waals surface area contributed by atoms with E-state index in [9.17, 15) is 0 Å². The van der Waals surface area contributed by atoms with Gasteiger partial charge in [0.05, 0.1) is 6.61 Å². The number of fused-ring (bicyclic) bond motifs is 1. The number of aryl methyl sites for hydroxylation is 1. The second-order valence-electron chi connectivity index (χ2n) is 6.33. The Bertz CT molecular complexity index is 416. The minimum atomic E-state index is 0.228. The molecule has 2 heteroatoms. The molecular weight excluding hydrogens is 258 g/mol. The molecule has 0 heterocycles. The molecule has 0 aliphatic heterocycles. The first kappa shape index (κ1) is 16.4. The average Bonchev–Trinajstić information content (AvgIpc) is 2.50. The van der Waals surface area contributed by atoms with Gasteiger partial charge in [-0.25, -0.2) is 0 Å². The molecule has 1 aromatic carbocycles. The molecular formula is C19H31NO. The van der Waals surface area contributed by atoms with Crippen LogP contribution in [0.3, 0.4) is 0 Å². The van der Waals surface area contributed by atoms with E-state index in [1.807, 2.05) is 0 Å². The molecule has 2 rings (SSSR count). The van der Waals surface area contributed by atoms with Gasteiger partial charge in [0.1, 0.15) is 5.75 Å². The quantitative estimate of drug-likeness (QED) is 0.638. The highest BCUT2D eigenvalue weighted by atomic mass is 16.5. The van der Waals surface area contributed by atoms with Gasteiger partial charge in [-0.15, -0.1) is 0 Å². The third kappa shape index (κ3) is 5.35. The number of ether oxygens (including phenoxy) is 1. The van der Waals surface area contributed by atoms with E-state index in [0.29, 0.717) is 0 Å². The predicted molar refractivity (Wildman–Crippen MR) is 89.8 cm³/mol. The molecule has 1 aromatic rings. The first-order valence-electron chi connectivity index (χ1n) is 8.82. The molecule has 2 nitrogen and oxygen atoms in total. The van der Waals surface area contributed by atoms with Gasteiger partial charge >= 0.3 is 0 Å². The largest absolute Gasteiger partial charge is 0.494 e. The highest BCUT2D eigenvalue weighted by molar-refractivity contribution is 5.38. The molecule has 118 valence electrons. The van der Waals surface area contributed by atoms with Crippen molar-refractivity contribution < 1.29 is 4.74 Å². The molecule has 2 N–H and O–H groups in total. The Morgan fingerprint density at radius 3 is 2.67 bits per heavy atom. The zero-order valence-corrected chi connectivity index (χ0v) is 13.6. The van der Waals surface area contributed by atoms with Crippen LogP contribution in [0.15, 0.2) is 18.2 Å². The third-order valence-corrected chi connectivity index (χ3v) is 4.49. The van der Waals surface area contributed by atoms with Gasteiger partial charge in [-0.1, -0.05) is 51.5 Å². The van der Waals surface area contributed by atoms with Crippen molar-refractivity contribution >= 4 is 0 Å². The van der Waals surface area contributed by atoms with Crippen molar-refractivity contribution in [2.24, 2.45) is 5.73 Å². The van der Waals surface area contributed by atoms with Crippen LogP contribution in [0, 0.1) is 0 Å². The van der Waals surface area contributed by atoms with E-state index in [1.54, 1.807) is 0 Å². The molecule has 0 spiro atoms. The smallest absolute Gasteiger partial charge is 0.119 e. The van der Waals surface area contributed by atoms with E-state index >= 15 is 0 Å². The van der Waals surface area contributed by atoms with E-state index in [2.05, 4.69) is 25.1 Å². The van der Waals surface area contributed by atoms with Crippen molar-refractivity contribution in [1.29, 1.82) is 0 Å². The Hall–Kier alpha value is -1.02. The van der Waals surface area contributed by atoms with Crippen molar-refractivity contribution in [3.05, 3.63) is 29.3 Å². The van der Waals surface area contributed by atoms with Gasteiger partial charge in [0.15, 0.2) is 0 Å². The summed E-state index contributed by atoms with van der Waals surface area (Å²) in [4.78, 5) is 0. The normalized spacial score (nSPS) is 17.5. The van der Waals surface area contributed by atoms with Crippen molar-refractivity contribution in [2.45, 2.75) is 77.2 Å². The van der Waals surface area contributed by atoms with Crippen LogP contribution < -0.4 is 10.5 Å². The summed E-state index contributed by atoms with van der Waals surface area (Å²) in [6, 6.07) is 6.69. The zero-order chi connectivity index (χ0) is 14.9. The fraction of sp³-hybridized carbons (Fsp3) is 0.684. The van der Waals surface area contributed by atoms with Gasteiger partial charge in [0, 0.05) is 6.04 Å². The number of hydrogen-bond donors (Lipinski definition) is 1. The van der Waals surface area contributed by atoms with Crippen LogP contribution in [0.1, 0.15) is 81.9 Å².